The van der Waals surface area contributed by atoms with E-state index in [1.54, 1.807) is 23.1 Å². The van der Waals surface area contributed by atoms with E-state index in [1.807, 2.05) is 12.1 Å². The van der Waals surface area contributed by atoms with E-state index in [2.05, 4.69) is 28.7 Å². The molecule has 4 rings (SSSR count). The van der Waals surface area contributed by atoms with Gasteiger partial charge in [-0.05, 0) is 67.2 Å². The molecule has 1 saturated carbocycles. The molecule has 0 spiro atoms. The zero-order valence-corrected chi connectivity index (χ0v) is 17.5. The minimum atomic E-state index is -0.540. The fourth-order valence-corrected chi connectivity index (χ4v) is 4.53. The summed E-state index contributed by atoms with van der Waals surface area (Å²) in [6.45, 7) is 2.13. The summed E-state index contributed by atoms with van der Waals surface area (Å²) in [6.07, 6.45) is 5.29. The number of amides is 1. The van der Waals surface area contributed by atoms with Crippen molar-refractivity contribution in [1.82, 2.24) is 9.97 Å². The summed E-state index contributed by atoms with van der Waals surface area (Å²) < 4.78 is 4.83. The predicted molar refractivity (Wildman–Crippen MR) is 117 cm³/mol. The van der Waals surface area contributed by atoms with Gasteiger partial charge in [-0.1, -0.05) is 13.0 Å². The molecule has 31 heavy (non-hydrogen) atoms. The molecule has 2 aliphatic rings. The second kappa shape index (κ2) is 8.57. The summed E-state index contributed by atoms with van der Waals surface area (Å²) in [7, 11) is 1.31. The summed E-state index contributed by atoms with van der Waals surface area (Å²) in [5.41, 5.74) is 1.95. The second-order valence-electron chi connectivity index (χ2n) is 8.04. The monoisotopic (exact) mass is 418 g/mol. The number of hydrogen-bond donors (Lipinski definition) is 0. The highest BCUT2D eigenvalue weighted by Gasteiger charge is 2.38. The van der Waals surface area contributed by atoms with Crippen molar-refractivity contribution in [3.63, 3.8) is 0 Å². The van der Waals surface area contributed by atoms with Gasteiger partial charge in [-0.25, -0.2) is 14.8 Å². The fraction of sp³-hybridized carbons (Fsp3) is 0.375. The van der Waals surface area contributed by atoms with Crippen molar-refractivity contribution < 1.29 is 17.2 Å². The number of nitriles is 1. The molecule has 160 valence electrons. The first-order valence-corrected chi connectivity index (χ1v) is 10.3. The summed E-state index contributed by atoms with van der Waals surface area (Å²) in [5, 5.41) is 8.89. The number of aromatic nitrogens is 2. The summed E-state index contributed by atoms with van der Waals surface area (Å²) in [5.74, 6) is 5.83. The predicted octanol–water partition coefficient (Wildman–Crippen LogP) is 3.69. The highest BCUT2D eigenvalue weighted by atomic mass is 16.5. The molecule has 7 heteroatoms. The minimum absolute atomic E-state index is 0. The van der Waals surface area contributed by atoms with Crippen LogP contribution in [0.3, 0.4) is 0 Å². The number of rotatable bonds is 1. The van der Waals surface area contributed by atoms with E-state index >= 15 is 0 Å². The number of nitrogens with zero attached hydrogens (tertiary/aromatic N) is 4. The Morgan fingerprint density at radius 3 is 2.77 bits per heavy atom. The lowest BCUT2D eigenvalue weighted by molar-refractivity contribution is -0.113. The van der Waals surface area contributed by atoms with Crippen molar-refractivity contribution in [2.75, 3.05) is 12.0 Å². The normalized spacial score (nSPS) is 21.6. The van der Waals surface area contributed by atoms with E-state index in [1.165, 1.54) is 13.3 Å². The van der Waals surface area contributed by atoms with E-state index in [0.717, 1.165) is 31.2 Å². The van der Waals surface area contributed by atoms with E-state index in [4.69, 9.17) is 10.00 Å². The van der Waals surface area contributed by atoms with Crippen molar-refractivity contribution in [2.45, 2.75) is 44.6 Å². The quantitative estimate of drug-likeness (QED) is 0.518. The Morgan fingerprint density at radius 2 is 2.06 bits per heavy atom. The SMILES string of the molecule is COC(=O)c1ccc2c(n1)N(C(=O)C#Cc1ccc(C#N)cn1)C1CCC(CC2C)C1.[HH].[HH]. The molecule has 1 fully saturated rings. The Hall–Kier alpha value is -3.71. The summed E-state index contributed by atoms with van der Waals surface area (Å²) >= 11 is 0. The zero-order chi connectivity index (χ0) is 22.0. The summed E-state index contributed by atoms with van der Waals surface area (Å²) in [4.78, 5) is 35.7. The van der Waals surface area contributed by atoms with Gasteiger partial charge in [0.2, 0.25) is 0 Å². The molecule has 1 aliphatic carbocycles. The number of carbonyl (C=O) groups excluding carboxylic acids is 2. The third-order valence-corrected chi connectivity index (χ3v) is 6.03. The van der Waals surface area contributed by atoms with Gasteiger partial charge in [0.25, 0.3) is 0 Å². The Labute approximate surface area is 184 Å². The number of methoxy groups -OCH3 is 1. The number of hydrogen-bond acceptors (Lipinski definition) is 6. The van der Waals surface area contributed by atoms with Crippen molar-refractivity contribution in [2.24, 2.45) is 5.92 Å². The smallest absolute Gasteiger partial charge is 0.356 e. The van der Waals surface area contributed by atoms with Crippen LogP contribution in [0.5, 0.6) is 0 Å². The Morgan fingerprint density at radius 1 is 1.23 bits per heavy atom. The topological polar surface area (TPSA) is 96.2 Å². The Bertz CT molecular complexity index is 1140. The van der Waals surface area contributed by atoms with Gasteiger partial charge < -0.3 is 4.74 Å². The van der Waals surface area contributed by atoms with Crippen LogP contribution < -0.4 is 4.90 Å². The van der Waals surface area contributed by atoms with Crippen molar-refractivity contribution in [3.05, 3.63) is 53.0 Å². The standard InChI is InChI=1S/C24H22N4O3.2H2/c1-15-11-16-4-7-19(12-16)28(23-20(15)8-9-21(27-23)24(30)31-2)22(29)10-6-18-5-3-17(13-25)14-26-18;;/h3,5,8-9,14-16,19H,4,7,11-12H2,1-2H3;2*1H. The Balaban J connectivity index is 0.00000193. The van der Waals surface area contributed by atoms with Crippen molar-refractivity contribution >= 4 is 17.7 Å². The molecule has 0 N–H and O–H groups in total. The van der Waals surface area contributed by atoms with Gasteiger partial charge in [-0.3, -0.25) is 9.69 Å². The average molecular weight is 418 g/mol. The van der Waals surface area contributed by atoms with Crippen LogP contribution in [0.2, 0.25) is 0 Å². The molecular formula is C24H26N4O3. The van der Waals surface area contributed by atoms with Crippen LogP contribution in [0, 0.1) is 29.1 Å². The average Bonchev–Trinajstić information content (AvgIpc) is 3.25. The molecule has 0 saturated heterocycles. The lowest BCUT2D eigenvalue weighted by Crippen LogP contribution is -2.41. The number of anilines is 1. The molecule has 0 radical (unpaired) electrons. The molecule has 3 heterocycles. The lowest BCUT2D eigenvalue weighted by Gasteiger charge is -2.32. The highest BCUT2D eigenvalue weighted by molar-refractivity contribution is 6.06. The number of pyridine rings is 2. The molecule has 0 aromatic carbocycles. The number of esters is 1. The van der Waals surface area contributed by atoms with Crippen molar-refractivity contribution in [1.29, 1.82) is 5.26 Å². The maximum Gasteiger partial charge on any atom is 0.356 e. The molecule has 1 amide bonds. The number of fused-ring (bicyclic) bond motifs is 3. The van der Waals surface area contributed by atoms with Gasteiger partial charge in [0, 0.05) is 21.0 Å². The van der Waals surface area contributed by atoms with Crippen LogP contribution in [0.15, 0.2) is 30.5 Å². The van der Waals surface area contributed by atoms with Gasteiger partial charge in [0.05, 0.1) is 12.7 Å². The molecule has 1 aliphatic heterocycles. The first-order valence-electron chi connectivity index (χ1n) is 10.3. The van der Waals surface area contributed by atoms with Gasteiger partial charge >= 0.3 is 11.9 Å². The van der Waals surface area contributed by atoms with Gasteiger partial charge in [0.15, 0.2) is 5.69 Å². The van der Waals surface area contributed by atoms with Crippen LogP contribution in [-0.4, -0.2) is 35.0 Å². The fourth-order valence-electron chi connectivity index (χ4n) is 4.53. The molecular weight excluding hydrogens is 392 g/mol. The molecule has 3 atom stereocenters. The van der Waals surface area contributed by atoms with E-state index in [9.17, 15) is 9.59 Å². The van der Waals surface area contributed by atoms with E-state index < -0.39 is 5.97 Å². The molecule has 2 aromatic rings. The van der Waals surface area contributed by atoms with Crippen LogP contribution >= 0.6 is 0 Å². The maximum atomic E-state index is 13.3. The molecule has 2 aromatic heterocycles. The molecule has 3 unspecified atom stereocenters. The largest absolute Gasteiger partial charge is 0.464 e. The molecule has 7 nitrogen and oxygen atoms in total. The van der Waals surface area contributed by atoms with Gasteiger partial charge in [-0.15, -0.1) is 0 Å². The minimum Gasteiger partial charge on any atom is -0.464 e. The van der Waals surface area contributed by atoms with Crippen molar-refractivity contribution in [3.8, 4) is 17.9 Å². The zero-order valence-electron chi connectivity index (χ0n) is 17.5. The van der Waals surface area contributed by atoms with Crippen LogP contribution in [-0.2, 0) is 9.53 Å². The lowest BCUT2D eigenvalue weighted by atomic mass is 9.87. The highest BCUT2D eigenvalue weighted by Crippen LogP contribution is 2.43. The van der Waals surface area contributed by atoms with Crippen LogP contribution in [0.1, 0.15) is 68.7 Å². The van der Waals surface area contributed by atoms with Crippen LogP contribution in [0.25, 0.3) is 0 Å². The third kappa shape index (κ3) is 4.13. The maximum absolute atomic E-state index is 13.3. The van der Waals surface area contributed by atoms with Gasteiger partial charge in [0.1, 0.15) is 17.6 Å². The first-order chi connectivity index (χ1) is 15.0. The Kier molecular flexibility index (Phi) is 5.68. The van der Waals surface area contributed by atoms with Gasteiger partial charge in [-0.2, -0.15) is 5.26 Å². The second-order valence-corrected chi connectivity index (χ2v) is 8.04. The number of carbonyl (C=O) groups is 2. The summed E-state index contributed by atoms with van der Waals surface area (Å²) in [6, 6.07) is 8.75. The number of ether oxygens (including phenoxy) is 1. The third-order valence-electron chi connectivity index (χ3n) is 6.03. The first kappa shape index (κ1) is 20.6. The van der Waals surface area contributed by atoms with Crippen LogP contribution in [0.4, 0.5) is 5.82 Å². The van der Waals surface area contributed by atoms with E-state index in [0.29, 0.717) is 23.0 Å². The molecule has 2 bridgehead atoms. The van der Waals surface area contributed by atoms with E-state index in [-0.39, 0.29) is 26.4 Å².